The Morgan fingerprint density at radius 3 is 2.43 bits per heavy atom. The summed E-state index contributed by atoms with van der Waals surface area (Å²) < 4.78 is 6.88. The molecule has 0 aromatic heterocycles. The largest absolute Gasteiger partial charge is 0.491 e. The van der Waals surface area contributed by atoms with Crippen LogP contribution in [0.3, 0.4) is 0 Å². The van der Waals surface area contributed by atoms with Crippen molar-refractivity contribution in [1.29, 1.82) is 0 Å². The number of nitrogens with zero attached hydrogens (tertiary/aromatic N) is 1. The van der Waals surface area contributed by atoms with Gasteiger partial charge in [-0.15, -0.1) is 0 Å². The number of piperidine rings is 1. The van der Waals surface area contributed by atoms with Gasteiger partial charge in [-0.05, 0) is 69.6 Å². The zero-order valence-corrected chi connectivity index (χ0v) is 18.2. The molecule has 0 spiro atoms. The van der Waals surface area contributed by atoms with E-state index in [9.17, 15) is 4.79 Å². The van der Waals surface area contributed by atoms with Crippen LogP contribution in [0.1, 0.15) is 30.9 Å². The molecule has 1 aliphatic heterocycles. The summed E-state index contributed by atoms with van der Waals surface area (Å²) in [5.41, 5.74) is 2.52. The zero-order valence-electron chi connectivity index (χ0n) is 16.7. The number of ether oxygens (including phenoxy) is 1. The molecule has 4 nitrogen and oxygen atoms in total. The van der Waals surface area contributed by atoms with E-state index in [0.717, 1.165) is 42.7 Å². The first-order valence-corrected chi connectivity index (χ1v) is 10.8. The molecule has 1 saturated heterocycles. The Morgan fingerprint density at radius 1 is 1.14 bits per heavy atom. The van der Waals surface area contributed by atoms with Gasteiger partial charge in [-0.3, -0.25) is 9.69 Å². The zero-order chi connectivity index (χ0) is 19.9. The summed E-state index contributed by atoms with van der Waals surface area (Å²) in [6.07, 6.45) is 1.82. The van der Waals surface area contributed by atoms with E-state index in [1.54, 1.807) is 0 Å². The lowest BCUT2D eigenvalue weighted by molar-refractivity contribution is -0.127. The number of hydrogen-bond acceptors (Lipinski definition) is 3. The quantitative estimate of drug-likeness (QED) is 0.680. The Kier molecular flexibility index (Phi) is 7.51. The molecular formula is C23H29BrN2O2. The van der Waals surface area contributed by atoms with E-state index in [0.29, 0.717) is 6.61 Å². The van der Waals surface area contributed by atoms with Crippen molar-refractivity contribution in [3.8, 4) is 5.75 Å². The van der Waals surface area contributed by atoms with Crippen molar-refractivity contribution in [1.82, 2.24) is 10.2 Å². The lowest BCUT2D eigenvalue weighted by Crippen LogP contribution is -2.44. The average molecular weight is 445 g/mol. The van der Waals surface area contributed by atoms with Crippen molar-refractivity contribution in [3.05, 3.63) is 64.1 Å². The Bertz CT molecular complexity index is 753. The Labute approximate surface area is 176 Å². The second-order valence-corrected chi connectivity index (χ2v) is 8.63. The molecule has 5 heteroatoms. The summed E-state index contributed by atoms with van der Waals surface area (Å²) in [5, 5.41) is 3.11. The molecular weight excluding hydrogens is 416 g/mol. The number of likely N-dealkylation sites (tertiary alicyclic amines) is 1. The number of amides is 1. The van der Waals surface area contributed by atoms with Gasteiger partial charge in [0.15, 0.2) is 0 Å². The van der Waals surface area contributed by atoms with Gasteiger partial charge in [0, 0.05) is 16.9 Å². The van der Waals surface area contributed by atoms with Crippen LogP contribution in [0, 0.1) is 12.8 Å². The maximum atomic E-state index is 12.6. The fourth-order valence-electron chi connectivity index (χ4n) is 3.46. The van der Waals surface area contributed by atoms with Crippen LogP contribution in [0.25, 0.3) is 0 Å². The van der Waals surface area contributed by atoms with Crippen LogP contribution in [0.2, 0.25) is 0 Å². The number of halogens is 1. The van der Waals surface area contributed by atoms with Crippen molar-refractivity contribution in [2.75, 3.05) is 19.7 Å². The maximum Gasteiger partial charge on any atom is 0.223 e. The van der Waals surface area contributed by atoms with E-state index in [1.807, 2.05) is 31.2 Å². The van der Waals surface area contributed by atoms with Gasteiger partial charge in [0.05, 0.1) is 6.04 Å². The van der Waals surface area contributed by atoms with Crippen LogP contribution < -0.4 is 10.1 Å². The number of rotatable bonds is 7. The number of benzene rings is 2. The van der Waals surface area contributed by atoms with E-state index >= 15 is 0 Å². The third kappa shape index (κ3) is 6.35. The molecule has 2 aromatic rings. The van der Waals surface area contributed by atoms with Crippen molar-refractivity contribution < 1.29 is 9.53 Å². The Hall–Kier alpha value is -1.85. The van der Waals surface area contributed by atoms with Gasteiger partial charge in [-0.2, -0.15) is 0 Å². The molecule has 28 heavy (non-hydrogen) atoms. The summed E-state index contributed by atoms with van der Waals surface area (Å²) in [7, 11) is 0. The van der Waals surface area contributed by atoms with Gasteiger partial charge in [-0.1, -0.05) is 45.8 Å². The third-order valence-electron chi connectivity index (χ3n) is 5.19. The number of hydrogen-bond donors (Lipinski definition) is 1. The molecule has 1 amide bonds. The first kappa shape index (κ1) is 20.9. The molecule has 0 aliphatic carbocycles. The van der Waals surface area contributed by atoms with Gasteiger partial charge in [0.25, 0.3) is 0 Å². The molecule has 1 aliphatic rings. The number of carbonyl (C=O) groups is 1. The topological polar surface area (TPSA) is 41.6 Å². The van der Waals surface area contributed by atoms with Gasteiger partial charge >= 0.3 is 0 Å². The Morgan fingerprint density at radius 2 is 1.79 bits per heavy atom. The van der Waals surface area contributed by atoms with Crippen molar-refractivity contribution >= 4 is 21.8 Å². The Balaban J connectivity index is 1.38. The summed E-state index contributed by atoms with van der Waals surface area (Å²) in [4.78, 5) is 15.0. The number of carbonyl (C=O) groups excluding carboxylic acids is 1. The second-order valence-electron chi connectivity index (χ2n) is 7.71. The smallest absolute Gasteiger partial charge is 0.223 e. The van der Waals surface area contributed by atoms with E-state index in [4.69, 9.17) is 4.74 Å². The van der Waals surface area contributed by atoms with Crippen molar-refractivity contribution in [2.24, 2.45) is 5.92 Å². The highest BCUT2D eigenvalue weighted by atomic mass is 79.9. The first-order chi connectivity index (χ1) is 13.5. The molecule has 0 bridgehead atoms. The van der Waals surface area contributed by atoms with E-state index in [1.165, 1.54) is 11.1 Å². The normalized spacial score (nSPS) is 16.5. The fourth-order valence-corrected chi connectivity index (χ4v) is 3.72. The summed E-state index contributed by atoms with van der Waals surface area (Å²) in [6, 6.07) is 16.4. The maximum absolute atomic E-state index is 12.6. The minimum absolute atomic E-state index is 0.00500. The highest BCUT2D eigenvalue weighted by Crippen LogP contribution is 2.20. The molecule has 0 radical (unpaired) electrons. The highest BCUT2D eigenvalue weighted by molar-refractivity contribution is 9.10. The molecule has 3 rings (SSSR count). The molecule has 150 valence electrons. The van der Waals surface area contributed by atoms with Crippen LogP contribution in [-0.2, 0) is 11.3 Å². The molecule has 1 atom stereocenters. The minimum Gasteiger partial charge on any atom is -0.491 e. The molecule has 1 N–H and O–H groups in total. The standard InChI is InChI=1S/C23H29BrN2O2/c1-17-3-9-22(10-4-17)28-16-18(2)25-23(27)20-11-13-26(14-12-20)15-19-5-7-21(24)8-6-19/h3-10,18,20H,11-16H2,1-2H3,(H,25,27)/t18-/m0/s1. The van der Waals surface area contributed by atoms with E-state index in [-0.39, 0.29) is 17.9 Å². The summed E-state index contributed by atoms with van der Waals surface area (Å²) in [5.74, 6) is 1.10. The number of nitrogens with one attached hydrogen (secondary N) is 1. The van der Waals surface area contributed by atoms with Crippen LogP contribution in [0.5, 0.6) is 5.75 Å². The summed E-state index contributed by atoms with van der Waals surface area (Å²) in [6.45, 7) is 7.40. The van der Waals surface area contributed by atoms with Crippen LogP contribution >= 0.6 is 15.9 Å². The van der Waals surface area contributed by atoms with E-state index < -0.39 is 0 Å². The van der Waals surface area contributed by atoms with Gasteiger partial charge in [0.1, 0.15) is 12.4 Å². The highest BCUT2D eigenvalue weighted by Gasteiger charge is 2.25. The van der Waals surface area contributed by atoms with Gasteiger partial charge < -0.3 is 10.1 Å². The monoisotopic (exact) mass is 444 g/mol. The molecule has 0 saturated carbocycles. The van der Waals surface area contributed by atoms with Crippen LogP contribution in [-0.4, -0.2) is 36.5 Å². The first-order valence-electron chi connectivity index (χ1n) is 9.96. The lowest BCUT2D eigenvalue weighted by atomic mass is 9.95. The molecule has 2 aromatic carbocycles. The average Bonchev–Trinajstić information content (AvgIpc) is 2.70. The van der Waals surface area contributed by atoms with Crippen LogP contribution in [0.4, 0.5) is 0 Å². The van der Waals surface area contributed by atoms with Gasteiger partial charge in [0.2, 0.25) is 5.91 Å². The van der Waals surface area contributed by atoms with Gasteiger partial charge in [-0.25, -0.2) is 0 Å². The SMILES string of the molecule is Cc1ccc(OC[C@H](C)NC(=O)C2CCN(Cc3ccc(Br)cc3)CC2)cc1. The van der Waals surface area contributed by atoms with Crippen molar-refractivity contribution in [2.45, 2.75) is 39.3 Å². The minimum atomic E-state index is -0.00500. The summed E-state index contributed by atoms with van der Waals surface area (Å²) >= 11 is 3.47. The number of aryl methyl sites for hydroxylation is 1. The molecule has 1 fully saturated rings. The van der Waals surface area contributed by atoms with Crippen molar-refractivity contribution in [3.63, 3.8) is 0 Å². The predicted molar refractivity (Wildman–Crippen MR) is 116 cm³/mol. The van der Waals surface area contributed by atoms with Crippen LogP contribution in [0.15, 0.2) is 53.0 Å². The van der Waals surface area contributed by atoms with E-state index in [2.05, 4.69) is 57.3 Å². The second kappa shape index (κ2) is 10.1. The lowest BCUT2D eigenvalue weighted by Gasteiger charge is -2.31. The third-order valence-corrected chi connectivity index (χ3v) is 5.72. The molecule has 0 unspecified atom stereocenters. The molecule has 1 heterocycles. The fraction of sp³-hybridized carbons (Fsp3) is 0.435. The predicted octanol–water partition coefficient (Wildman–Crippen LogP) is 4.55.